The molecule has 32 heavy (non-hydrogen) atoms. The van der Waals surface area contributed by atoms with Crippen molar-refractivity contribution in [1.82, 2.24) is 9.97 Å². The molecule has 1 saturated carbocycles. The summed E-state index contributed by atoms with van der Waals surface area (Å²) in [4.78, 5) is 8.90. The highest BCUT2D eigenvalue weighted by atomic mass is 16.5. The normalized spacial score (nSPS) is 21.3. The van der Waals surface area contributed by atoms with Gasteiger partial charge in [-0.3, -0.25) is 0 Å². The minimum atomic E-state index is -0.297. The lowest BCUT2D eigenvalue weighted by Crippen LogP contribution is -2.41. The van der Waals surface area contributed by atoms with Crippen LogP contribution in [0.25, 0.3) is 5.57 Å². The van der Waals surface area contributed by atoms with Gasteiger partial charge in [0.05, 0.1) is 19.4 Å². The molecule has 1 fully saturated rings. The Bertz CT molecular complexity index is 1060. The van der Waals surface area contributed by atoms with E-state index in [1.165, 1.54) is 16.7 Å². The number of aromatic nitrogens is 2. The Balaban J connectivity index is 1.38. The lowest BCUT2D eigenvalue weighted by molar-refractivity contribution is 0.00926. The van der Waals surface area contributed by atoms with Gasteiger partial charge < -0.3 is 20.5 Å². The number of rotatable bonds is 7. The average Bonchev–Trinajstić information content (AvgIpc) is 3.18. The van der Waals surface area contributed by atoms with Crippen LogP contribution in [0, 0.1) is 16.7 Å². The van der Waals surface area contributed by atoms with E-state index in [-0.39, 0.29) is 17.6 Å². The van der Waals surface area contributed by atoms with E-state index in [1.54, 1.807) is 13.3 Å². The quantitative estimate of drug-likeness (QED) is 0.603. The Kier molecular flexibility index (Phi) is 6.33. The van der Waals surface area contributed by atoms with Gasteiger partial charge in [0, 0.05) is 12.6 Å². The van der Waals surface area contributed by atoms with Crippen LogP contribution >= 0.6 is 0 Å². The van der Waals surface area contributed by atoms with Crippen molar-refractivity contribution in [3.63, 3.8) is 0 Å². The third-order valence-electron chi connectivity index (χ3n) is 6.62. The fraction of sp³-hybridized carbons (Fsp3) is 0.480. The smallest absolute Gasteiger partial charge is 0.224 e. The predicted molar refractivity (Wildman–Crippen MR) is 126 cm³/mol. The van der Waals surface area contributed by atoms with Crippen molar-refractivity contribution < 1.29 is 9.84 Å². The summed E-state index contributed by atoms with van der Waals surface area (Å²) in [7, 11) is 1.69. The van der Waals surface area contributed by atoms with Crippen LogP contribution in [0.2, 0.25) is 0 Å². The fourth-order valence-corrected chi connectivity index (χ4v) is 4.67. The van der Waals surface area contributed by atoms with Crippen LogP contribution in [-0.4, -0.2) is 40.9 Å². The molecule has 0 radical (unpaired) electrons. The van der Waals surface area contributed by atoms with Crippen molar-refractivity contribution in [2.45, 2.75) is 58.1 Å². The van der Waals surface area contributed by atoms with Gasteiger partial charge in [-0.15, -0.1) is 0 Å². The summed E-state index contributed by atoms with van der Waals surface area (Å²) >= 11 is 0. The first kappa shape index (κ1) is 22.1. The molecule has 0 aliphatic heterocycles. The first-order valence-corrected chi connectivity index (χ1v) is 11.2. The van der Waals surface area contributed by atoms with Crippen LogP contribution in [-0.2, 0) is 6.42 Å². The number of benzene rings is 1. The summed E-state index contributed by atoms with van der Waals surface area (Å²) in [6, 6.07) is 8.56. The van der Waals surface area contributed by atoms with Crippen LogP contribution in [0.15, 0.2) is 30.5 Å². The van der Waals surface area contributed by atoms with Crippen molar-refractivity contribution in [3.05, 3.63) is 47.2 Å². The largest absolute Gasteiger partial charge is 0.497 e. The number of aliphatic hydroxyl groups excluding tert-OH is 1. The predicted octanol–water partition coefficient (Wildman–Crippen LogP) is 4.15. The number of nitrogens with zero attached hydrogens (tertiary/aromatic N) is 3. The number of allylic oxidation sites excluding steroid dienone is 1. The molecule has 7 heteroatoms. The highest BCUT2D eigenvalue weighted by Crippen LogP contribution is 2.37. The molecule has 2 aliphatic carbocycles. The van der Waals surface area contributed by atoms with Gasteiger partial charge in [0.15, 0.2) is 0 Å². The molecule has 168 valence electrons. The average molecular weight is 434 g/mol. The van der Waals surface area contributed by atoms with Crippen molar-refractivity contribution in [2.24, 2.45) is 5.41 Å². The van der Waals surface area contributed by atoms with Crippen LogP contribution < -0.4 is 15.4 Å². The molecular formula is C25H31N5O2. The van der Waals surface area contributed by atoms with E-state index in [0.29, 0.717) is 23.9 Å². The van der Waals surface area contributed by atoms with E-state index in [9.17, 15) is 10.4 Å². The topological polar surface area (TPSA) is 103 Å². The molecular weight excluding hydrogens is 402 g/mol. The molecule has 0 amide bonds. The van der Waals surface area contributed by atoms with E-state index in [1.807, 2.05) is 6.07 Å². The van der Waals surface area contributed by atoms with Gasteiger partial charge in [-0.1, -0.05) is 26.0 Å². The van der Waals surface area contributed by atoms with E-state index in [0.717, 1.165) is 37.9 Å². The molecule has 4 rings (SSSR count). The van der Waals surface area contributed by atoms with E-state index >= 15 is 0 Å². The van der Waals surface area contributed by atoms with Crippen molar-refractivity contribution in [1.29, 1.82) is 5.26 Å². The molecule has 1 heterocycles. The number of aliphatic hydroxyl groups is 1. The van der Waals surface area contributed by atoms with Gasteiger partial charge >= 0.3 is 0 Å². The molecule has 1 aromatic carbocycles. The van der Waals surface area contributed by atoms with Gasteiger partial charge in [0.1, 0.15) is 23.2 Å². The third kappa shape index (κ3) is 4.71. The number of ether oxygens (including phenoxy) is 1. The molecule has 7 nitrogen and oxygen atoms in total. The molecule has 3 N–H and O–H groups in total. The highest BCUT2D eigenvalue weighted by Gasteiger charge is 2.35. The van der Waals surface area contributed by atoms with E-state index in [4.69, 9.17) is 4.74 Å². The summed E-state index contributed by atoms with van der Waals surface area (Å²) in [5.41, 5.74) is 4.15. The SMILES string of the molecule is COc1ccc2c(c1)CC=C2CCNc1ncc(C#N)c(N[C@@H]2CC[C@H](O)C(C)(C)C2)n1. The van der Waals surface area contributed by atoms with Gasteiger partial charge in [-0.25, -0.2) is 4.98 Å². The fourth-order valence-electron chi connectivity index (χ4n) is 4.67. The van der Waals surface area contributed by atoms with Gasteiger partial charge in [0.25, 0.3) is 0 Å². The van der Waals surface area contributed by atoms with Gasteiger partial charge in [-0.05, 0) is 66.4 Å². The van der Waals surface area contributed by atoms with Gasteiger partial charge in [0.2, 0.25) is 5.95 Å². The zero-order valence-corrected chi connectivity index (χ0v) is 19.0. The number of fused-ring (bicyclic) bond motifs is 1. The Morgan fingerprint density at radius 3 is 2.91 bits per heavy atom. The highest BCUT2D eigenvalue weighted by molar-refractivity contribution is 5.74. The number of nitriles is 1. The minimum Gasteiger partial charge on any atom is -0.497 e. The monoisotopic (exact) mass is 433 g/mol. The van der Waals surface area contributed by atoms with E-state index < -0.39 is 0 Å². The zero-order valence-electron chi connectivity index (χ0n) is 19.0. The molecule has 0 spiro atoms. The van der Waals surface area contributed by atoms with Crippen molar-refractivity contribution in [3.8, 4) is 11.8 Å². The molecule has 0 unspecified atom stereocenters. The third-order valence-corrected chi connectivity index (χ3v) is 6.62. The van der Waals surface area contributed by atoms with Crippen molar-refractivity contribution >= 4 is 17.3 Å². The summed E-state index contributed by atoms with van der Waals surface area (Å²) in [6.07, 6.45) is 7.73. The Morgan fingerprint density at radius 1 is 1.31 bits per heavy atom. The number of hydrogen-bond acceptors (Lipinski definition) is 7. The van der Waals surface area contributed by atoms with Crippen LogP contribution in [0.3, 0.4) is 0 Å². The number of methoxy groups -OCH3 is 1. The second kappa shape index (κ2) is 9.17. The maximum atomic E-state index is 10.2. The van der Waals surface area contributed by atoms with Crippen molar-refractivity contribution in [2.75, 3.05) is 24.3 Å². The maximum Gasteiger partial charge on any atom is 0.224 e. The number of hydrogen-bond donors (Lipinski definition) is 3. The molecule has 2 aromatic rings. The summed E-state index contributed by atoms with van der Waals surface area (Å²) < 4.78 is 5.32. The molecule has 2 atom stereocenters. The second-order valence-electron chi connectivity index (χ2n) is 9.33. The molecule has 0 saturated heterocycles. The number of anilines is 2. The Labute approximate surface area is 189 Å². The van der Waals surface area contributed by atoms with Crippen LogP contribution in [0.5, 0.6) is 5.75 Å². The Morgan fingerprint density at radius 2 is 2.16 bits per heavy atom. The standard InChI is InChI=1S/C25H31N5O2/c1-25(2)13-19(6-9-22(25)31)29-23-18(14-26)15-28-24(30-23)27-11-10-16-4-5-17-12-20(32-3)7-8-21(16)17/h4,7-8,12,15,19,22,31H,5-6,9-11,13H2,1-3H3,(H2,27,28,29,30)/t19-,22+/m1/s1. The zero-order chi connectivity index (χ0) is 22.7. The molecule has 1 aromatic heterocycles. The summed E-state index contributed by atoms with van der Waals surface area (Å²) in [6.45, 7) is 4.86. The minimum absolute atomic E-state index is 0.161. The van der Waals surface area contributed by atoms with Gasteiger partial charge in [-0.2, -0.15) is 10.2 Å². The van der Waals surface area contributed by atoms with E-state index in [2.05, 4.69) is 58.7 Å². The molecule has 0 bridgehead atoms. The Hall–Kier alpha value is -3.11. The maximum absolute atomic E-state index is 10.2. The van der Waals surface area contributed by atoms with Crippen LogP contribution in [0.4, 0.5) is 11.8 Å². The summed E-state index contributed by atoms with van der Waals surface area (Å²) in [5, 5.41) is 26.4. The first-order chi connectivity index (χ1) is 15.4. The lowest BCUT2D eigenvalue weighted by Gasteiger charge is -2.40. The lowest BCUT2D eigenvalue weighted by atomic mass is 9.73. The second-order valence-corrected chi connectivity index (χ2v) is 9.33. The van der Waals surface area contributed by atoms with Crippen LogP contribution in [0.1, 0.15) is 56.2 Å². The molecule has 2 aliphatic rings. The summed E-state index contributed by atoms with van der Waals surface area (Å²) in [5.74, 6) is 1.95. The number of nitrogens with one attached hydrogen (secondary N) is 2. The first-order valence-electron chi connectivity index (χ1n) is 11.2.